The molecule has 4 heteroatoms. The van der Waals surface area contributed by atoms with Crippen LogP contribution >= 0.6 is 0 Å². The molecule has 1 aliphatic rings. The van der Waals surface area contributed by atoms with Crippen molar-refractivity contribution in [1.82, 2.24) is 5.01 Å². The molecule has 0 bridgehead atoms. The standard InChI is InChI=1S/C11H12N2O2/c1-13-10(7-9(12-13)11(14)15)8-5-3-2-4-6-8/h2-6,10H,7H2,1H3,(H,14,15)/t10-/m1/s1. The summed E-state index contributed by atoms with van der Waals surface area (Å²) in [7, 11) is 1.80. The van der Waals surface area contributed by atoms with E-state index in [1.165, 1.54) is 0 Å². The number of hydrazone groups is 1. The van der Waals surface area contributed by atoms with Crippen LogP contribution in [0.5, 0.6) is 0 Å². The Labute approximate surface area is 87.8 Å². The van der Waals surface area contributed by atoms with E-state index in [0.717, 1.165) is 5.56 Å². The molecule has 0 saturated carbocycles. The second-order valence-corrected chi connectivity index (χ2v) is 3.56. The molecule has 0 aromatic heterocycles. The highest BCUT2D eigenvalue weighted by atomic mass is 16.4. The molecule has 1 aromatic rings. The molecular formula is C11H12N2O2. The average molecular weight is 204 g/mol. The van der Waals surface area contributed by atoms with Crippen LogP contribution in [0.3, 0.4) is 0 Å². The molecule has 1 atom stereocenters. The molecule has 1 aromatic carbocycles. The number of carbonyl (C=O) groups is 1. The first-order valence-corrected chi connectivity index (χ1v) is 4.77. The van der Waals surface area contributed by atoms with Gasteiger partial charge in [-0.05, 0) is 5.56 Å². The van der Waals surface area contributed by atoms with Gasteiger partial charge in [-0.3, -0.25) is 5.01 Å². The highest BCUT2D eigenvalue weighted by Gasteiger charge is 2.28. The lowest BCUT2D eigenvalue weighted by Gasteiger charge is -2.18. The van der Waals surface area contributed by atoms with Crippen LogP contribution in [-0.4, -0.2) is 28.8 Å². The summed E-state index contributed by atoms with van der Waals surface area (Å²) in [5, 5.41) is 14.5. The van der Waals surface area contributed by atoms with E-state index in [1.54, 1.807) is 12.1 Å². The maximum absolute atomic E-state index is 10.8. The smallest absolute Gasteiger partial charge is 0.352 e. The molecule has 0 aliphatic carbocycles. The SMILES string of the molecule is CN1N=C(C(=O)O)C[C@@H]1c1ccccc1. The topological polar surface area (TPSA) is 52.9 Å². The van der Waals surface area contributed by atoms with Gasteiger partial charge in [0.15, 0.2) is 0 Å². The molecule has 15 heavy (non-hydrogen) atoms. The van der Waals surface area contributed by atoms with E-state index < -0.39 is 5.97 Å². The van der Waals surface area contributed by atoms with E-state index in [-0.39, 0.29) is 11.8 Å². The van der Waals surface area contributed by atoms with Gasteiger partial charge in [0.05, 0.1) is 6.04 Å². The van der Waals surface area contributed by atoms with Crippen molar-refractivity contribution in [2.75, 3.05) is 7.05 Å². The van der Waals surface area contributed by atoms with E-state index in [0.29, 0.717) is 6.42 Å². The van der Waals surface area contributed by atoms with Gasteiger partial charge in [-0.15, -0.1) is 0 Å². The number of rotatable bonds is 2. The fraction of sp³-hybridized carbons (Fsp3) is 0.273. The molecule has 1 heterocycles. The first kappa shape index (κ1) is 9.71. The van der Waals surface area contributed by atoms with Gasteiger partial charge in [0.2, 0.25) is 0 Å². The van der Waals surface area contributed by atoms with Crippen molar-refractivity contribution in [1.29, 1.82) is 0 Å². The molecular weight excluding hydrogens is 192 g/mol. The van der Waals surface area contributed by atoms with Crippen LogP contribution in [0.1, 0.15) is 18.0 Å². The lowest BCUT2D eigenvalue weighted by molar-refractivity contribution is -0.129. The fourth-order valence-corrected chi connectivity index (χ4v) is 1.76. The molecule has 4 nitrogen and oxygen atoms in total. The second kappa shape index (κ2) is 3.73. The van der Waals surface area contributed by atoms with Crippen LogP contribution < -0.4 is 0 Å². The van der Waals surface area contributed by atoms with Gasteiger partial charge < -0.3 is 5.11 Å². The van der Waals surface area contributed by atoms with E-state index in [2.05, 4.69) is 5.10 Å². The van der Waals surface area contributed by atoms with Crippen LogP contribution in [0.25, 0.3) is 0 Å². The van der Waals surface area contributed by atoms with Crippen molar-refractivity contribution in [3.63, 3.8) is 0 Å². The van der Waals surface area contributed by atoms with Gasteiger partial charge in [-0.2, -0.15) is 5.10 Å². The number of carboxylic acid groups (broad SMARTS) is 1. The number of benzene rings is 1. The minimum atomic E-state index is -0.930. The lowest BCUT2D eigenvalue weighted by atomic mass is 10.0. The van der Waals surface area contributed by atoms with Gasteiger partial charge in [0, 0.05) is 13.5 Å². The Morgan fingerprint density at radius 2 is 2.13 bits per heavy atom. The minimum Gasteiger partial charge on any atom is -0.477 e. The number of carboxylic acids is 1. The van der Waals surface area contributed by atoms with Crippen molar-refractivity contribution in [2.45, 2.75) is 12.5 Å². The fourth-order valence-electron chi connectivity index (χ4n) is 1.76. The Kier molecular flexibility index (Phi) is 2.41. The Bertz CT molecular complexity index is 400. The Hall–Kier alpha value is -1.84. The first-order valence-electron chi connectivity index (χ1n) is 4.77. The van der Waals surface area contributed by atoms with E-state index in [1.807, 2.05) is 30.3 Å². The van der Waals surface area contributed by atoms with Crippen molar-refractivity contribution in [3.05, 3.63) is 35.9 Å². The second-order valence-electron chi connectivity index (χ2n) is 3.56. The average Bonchev–Trinajstić information content (AvgIpc) is 2.62. The number of nitrogens with zero attached hydrogens (tertiary/aromatic N) is 2. The third-order valence-corrected chi connectivity index (χ3v) is 2.55. The Balaban J connectivity index is 2.20. The van der Waals surface area contributed by atoms with E-state index in [9.17, 15) is 4.79 Å². The predicted octanol–water partition coefficient (Wildman–Crippen LogP) is 1.50. The molecule has 0 spiro atoms. The third-order valence-electron chi connectivity index (χ3n) is 2.55. The molecule has 0 saturated heterocycles. The molecule has 0 radical (unpaired) electrons. The Morgan fingerprint density at radius 3 is 2.67 bits per heavy atom. The molecule has 0 amide bonds. The number of hydrogen-bond donors (Lipinski definition) is 1. The van der Waals surface area contributed by atoms with Gasteiger partial charge in [0.1, 0.15) is 5.71 Å². The number of hydrogen-bond acceptors (Lipinski definition) is 3. The summed E-state index contributed by atoms with van der Waals surface area (Å²) in [6.07, 6.45) is 0.468. The monoisotopic (exact) mass is 204 g/mol. The zero-order valence-electron chi connectivity index (χ0n) is 8.42. The number of aliphatic carboxylic acids is 1. The van der Waals surface area contributed by atoms with Crippen LogP contribution in [-0.2, 0) is 4.79 Å². The van der Waals surface area contributed by atoms with Gasteiger partial charge in [-0.25, -0.2) is 4.79 Å². The third kappa shape index (κ3) is 1.83. The highest BCUT2D eigenvalue weighted by Crippen LogP contribution is 2.28. The molecule has 1 aliphatic heterocycles. The van der Waals surface area contributed by atoms with Crippen molar-refractivity contribution < 1.29 is 9.90 Å². The highest BCUT2D eigenvalue weighted by molar-refractivity contribution is 6.36. The quantitative estimate of drug-likeness (QED) is 0.794. The van der Waals surface area contributed by atoms with Gasteiger partial charge in [0.25, 0.3) is 0 Å². The summed E-state index contributed by atoms with van der Waals surface area (Å²) >= 11 is 0. The summed E-state index contributed by atoms with van der Waals surface area (Å²) in [5.41, 5.74) is 1.33. The zero-order chi connectivity index (χ0) is 10.8. The molecule has 78 valence electrons. The molecule has 1 N–H and O–H groups in total. The van der Waals surface area contributed by atoms with E-state index in [4.69, 9.17) is 5.11 Å². The summed E-state index contributed by atoms with van der Waals surface area (Å²) in [6, 6.07) is 9.86. The van der Waals surface area contributed by atoms with Gasteiger partial charge >= 0.3 is 5.97 Å². The maximum atomic E-state index is 10.8. The molecule has 0 fully saturated rings. The predicted molar refractivity (Wildman–Crippen MR) is 56.6 cm³/mol. The normalized spacial score (nSPS) is 20.2. The first-order chi connectivity index (χ1) is 7.18. The van der Waals surface area contributed by atoms with Crippen molar-refractivity contribution in [3.8, 4) is 0 Å². The van der Waals surface area contributed by atoms with Crippen molar-refractivity contribution >= 4 is 11.7 Å². The summed E-state index contributed by atoms with van der Waals surface area (Å²) in [6.45, 7) is 0. The van der Waals surface area contributed by atoms with Crippen molar-refractivity contribution in [2.24, 2.45) is 5.10 Å². The summed E-state index contributed by atoms with van der Waals surface area (Å²) < 4.78 is 0. The van der Waals surface area contributed by atoms with Crippen LogP contribution in [0.2, 0.25) is 0 Å². The molecule has 2 rings (SSSR count). The van der Waals surface area contributed by atoms with Crippen LogP contribution in [0.15, 0.2) is 35.4 Å². The maximum Gasteiger partial charge on any atom is 0.352 e. The van der Waals surface area contributed by atoms with Gasteiger partial charge in [-0.1, -0.05) is 30.3 Å². The van der Waals surface area contributed by atoms with Crippen LogP contribution in [0.4, 0.5) is 0 Å². The Morgan fingerprint density at radius 1 is 1.47 bits per heavy atom. The molecule has 0 unspecified atom stereocenters. The van der Waals surface area contributed by atoms with Crippen LogP contribution in [0, 0.1) is 0 Å². The lowest BCUT2D eigenvalue weighted by Crippen LogP contribution is -2.14. The summed E-state index contributed by atoms with van der Waals surface area (Å²) in [4.78, 5) is 10.8. The van der Waals surface area contributed by atoms with E-state index >= 15 is 0 Å². The summed E-state index contributed by atoms with van der Waals surface area (Å²) in [5.74, 6) is -0.930. The minimum absolute atomic E-state index is 0.0531. The largest absolute Gasteiger partial charge is 0.477 e. The zero-order valence-corrected chi connectivity index (χ0v) is 8.42.